The summed E-state index contributed by atoms with van der Waals surface area (Å²) in [5, 5.41) is 3.21. The number of carbonyl (C=O) groups excluding carboxylic acids is 1. The number of guanidine groups is 1. The lowest BCUT2D eigenvalue weighted by Gasteiger charge is -2.38. The molecule has 1 heterocycles. The molecule has 0 aromatic heterocycles. The van der Waals surface area contributed by atoms with Crippen molar-refractivity contribution in [2.45, 2.75) is 6.92 Å². The van der Waals surface area contributed by atoms with Gasteiger partial charge in [0.15, 0.2) is 5.96 Å². The fourth-order valence-corrected chi connectivity index (χ4v) is 2.67. The summed E-state index contributed by atoms with van der Waals surface area (Å²) in [6.45, 7) is 8.57. The van der Waals surface area contributed by atoms with Crippen molar-refractivity contribution in [3.05, 3.63) is 42.0 Å². The molecule has 0 unspecified atom stereocenters. The van der Waals surface area contributed by atoms with E-state index < -0.39 is 11.6 Å². The maximum Gasteiger partial charge on any atom is 0.243 e. The minimum Gasteiger partial charge on any atom is -0.366 e. The van der Waals surface area contributed by atoms with E-state index in [1.807, 2.05) is 16.7 Å². The molecular formula is C19H28F2IN5O. The molecule has 1 aromatic rings. The molecule has 1 aromatic carbocycles. The molecule has 9 heteroatoms. The summed E-state index contributed by atoms with van der Waals surface area (Å²) in [5.74, 6) is -0.366. The zero-order chi connectivity index (χ0) is 20.0. The van der Waals surface area contributed by atoms with Gasteiger partial charge in [-0.15, -0.1) is 24.0 Å². The Kier molecular flexibility index (Phi) is 9.63. The minimum atomic E-state index is -0.457. The standard InChI is InChI=1S/C19H27F2N5O.HI/c1-14(2)12-22-19(23-13-18(27)24(3)4)26-9-7-25(8-10-26)17-11-15(20)5-6-16(17)21;/h5-6,11H,1,7-10,12-13H2,2-4H3,(H,22,23);1H. The highest BCUT2D eigenvalue weighted by Gasteiger charge is 2.22. The molecule has 1 saturated heterocycles. The third-order valence-electron chi connectivity index (χ3n) is 4.24. The summed E-state index contributed by atoms with van der Waals surface area (Å²) >= 11 is 0. The lowest BCUT2D eigenvalue weighted by atomic mass is 10.2. The molecule has 28 heavy (non-hydrogen) atoms. The van der Waals surface area contributed by atoms with Crippen LogP contribution in [-0.4, -0.2) is 75.0 Å². The van der Waals surface area contributed by atoms with Crippen LogP contribution in [0.25, 0.3) is 0 Å². The van der Waals surface area contributed by atoms with E-state index >= 15 is 0 Å². The molecule has 156 valence electrons. The number of rotatable bonds is 5. The zero-order valence-corrected chi connectivity index (χ0v) is 18.9. The number of likely N-dealkylation sites (N-methyl/N-ethyl adjacent to an activating group) is 1. The fourth-order valence-electron chi connectivity index (χ4n) is 2.67. The average molecular weight is 507 g/mol. The second-order valence-electron chi connectivity index (χ2n) is 6.81. The number of halogens is 3. The average Bonchev–Trinajstić information content (AvgIpc) is 2.63. The Morgan fingerprint density at radius 1 is 1.25 bits per heavy atom. The predicted octanol–water partition coefficient (Wildman–Crippen LogP) is 2.31. The Morgan fingerprint density at radius 3 is 2.46 bits per heavy atom. The number of anilines is 1. The fraction of sp³-hybridized carbons (Fsp3) is 0.474. The molecule has 0 saturated carbocycles. The zero-order valence-electron chi connectivity index (χ0n) is 16.5. The number of hydrogen-bond acceptors (Lipinski definition) is 3. The molecule has 6 nitrogen and oxygen atoms in total. The molecule has 1 amide bonds. The van der Waals surface area contributed by atoms with E-state index in [9.17, 15) is 13.6 Å². The van der Waals surface area contributed by atoms with E-state index in [2.05, 4.69) is 16.9 Å². The van der Waals surface area contributed by atoms with Crippen molar-refractivity contribution in [3.63, 3.8) is 0 Å². The van der Waals surface area contributed by atoms with Crippen LogP contribution < -0.4 is 10.2 Å². The molecule has 0 spiro atoms. The van der Waals surface area contributed by atoms with Gasteiger partial charge in [0.05, 0.1) is 5.69 Å². The van der Waals surface area contributed by atoms with Gasteiger partial charge in [-0.2, -0.15) is 0 Å². The largest absolute Gasteiger partial charge is 0.366 e. The molecule has 0 bridgehead atoms. The van der Waals surface area contributed by atoms with Crippen LogP contribution in [0.5, 0.6) is 0 Å². The van der Waals surface area contributed by atoms with E-state index in [1.54, 1.807) is 14.1 Å². The summed E-state index contributed by atoms with van der Waals surface area (Å²) < 4.78 is 27.4. The number of aliphatic imine (C=N–C) groups is 1. The van der Waals surface area contributed by atoms with Crippen molar-refractivity contribution in [2.75, 3.05) is 58.3 Å². The van der Waals surface area contributed by atoms with E-state index in [1.165, 1.54) is 11.0 Å². The van der Waals surface area contributed by atoms with Crippen LogP contribution in [0.2, 0.25) is 0 Å². The van der Waals surface area contributed by atoms with Crippen molar-refractivity contribution in [1.82, 2.24) is 15.1 Å². The number of amides is 1. The highest BCUT2D eigenvalue weighted by Crippen LogP contribution is 2.21. The number of hydrogen-bond donors (Lipinski definition) is 1. The molecule has 0 aliphatic carbocycles. The molecule has 1 fully saturated rings. The molecule has 2 rings (SSSR count). The van der Waals surface area contributed by atoms with Gasteiger partial charge in [-0.25, -0.2) is 13.8 Å². The summed E-state index contributed by atoms with van der Waals surface area (Å²) in [7, 11) is 3.37. The van der Waals surface area contributed by atoms with Crippen molar-refractivity contribution in [2.24, 2.45) is 4.99 Å². The number of nitrogens with one attached hydrogen (secondary N) is 1. The highest BCUT2D eigenvalue weighted by molar-refractivity contribution is 14.0. The Labute approximate surface area is 182 Å². The van der Waals surface area contributed by atoms with Gasteiger partial charge in [-0.05, 0) is 19.1 Å². The highest BCUT2D eigenvalue weighted by atomic mass is 127. The lowest BCUT2D eigenvalue weighted by molar-refractivity contribution is -0.127. The third kappa shape index (κ3) is 6.92. The second kappa shape index (κ2) is 11.2. The Balaban J connectivity index is 0.00000392. The van der Waals surface area contributed by atoms with Crippen LogP contribution in [0, 0.1) is 11.6 Å². The summed E-state index contributed by atoms with van der Waals surface area (Å²) in [4.78, 5) is 21.6. The Hall–Kier alpha value is -1.91. The number of piperazine rings is 1. The van der Waals surface area contributed by atoms with Crippen LogP contribution in [0.15, 0.2) is 35.3 Å². The van der Waals surface area contributed by atoms with Crippen LogP contribution >= 0.6 is 24.0 Å². The SMILES string of the molecule is C=C(C)CNC(=NCC(=O)N(C)C)N1CCN(c2cc(F)ccc2F)CC1.I. The van der Waals surface area contributed by atoms with Gasteiger partial charge in [0.1, 0.15) is 18.2 Å². The molecule has 1 N–H and O–H groups in total. The van der Waals surface area contributed by atoms with Gasteiger partial charge in [0, 0.05) is 52.9 Å². The van der Waals surface area contributed by atoms with E-state index in [4.69, 9.17) is 0 Å². The first-order valence-corrected chi connectivity index (χ1v) is 8.85. The molecular weight excluding hydrogens is 479 g/mol. The number of nitrogens with zero attached hydrogens (tertiary/aromatic N) is 4. The lowest BCUT2D eigenvalue weighted by Crippen LogP contribution is -2.53. The first kappa shape index (κ1) is 24.1. The Bertz CT molecular complexity index is 718. The first-order chi connectivity index (χ1) is 12.8. The summed E-state index contributed by atoms with van der Waals surface area (Å²) in [6, 6.07) is 3.48. The normalized spacial score (nSPS) is 14.4. The quantitative estimate of drug-likeness (QED) is 0.288. The van der Waals surface area contributed by atoms with Crippen molar-refractivity contribution < 1.29 is 13.6 Å². The number of carbonyl (C=O) groups is 1. The third-order valence-corrected chi connectivity index (χ3v) is 4.24. The van der Waals surface area contributed by atoms with E-state index in [-0.39, 0.29) is 42.1 Å². The van der Waals surface area contributed by atoms with Gasteiger partial charge < -0.3 is 20.0 Å². The van der Waals surface area contributed by atoms with Gasteiger partial charge in [-0.1, -0.05) is 12.2 Å². The van der Waals surface area contributed by atoms with Crippen LogP contribution in [0.4, 0.5) is 14.5 Å². The molecule has 1 aliphatic rings. The topological polar surface area (TPSA) is 51.2 Å². The van der Waals surface area contributed by atoms with Crippen molar-refractivity contribution >= 4 is 41.5 Å². The maximum atomic E-state index is 14.0. The van der Waals surface area contributed by atoms with E-state index in [0.717, 1.165) is 17.7 Å². The predicted molar refractivity (Wildman–Crippen MR) is 119 cm³/mol. The van der Waals surface area contributed by atoms with Crippen LogP contribution in [0.1, 0.15) is 6.92 Å². The molecule has 0 atom stereocenters. The van der Waals surface area contributed by atoms with Crippen molar-refractivity contribution in [1.29, 1.82) is 0 Å². The summed E-state index contributed by atoms with van der Waals surface area (Å²) in [6.07, 6.45) is 0. The first-order valence-electron chi connectivity index (χ1n) is 8.85. The van der Waals surface area contributed by atoms with Gasteiger partial charge >= 0.3 is 0 Å². The van der Waals surface area contributed by atoms with Crippen LogP contribution in [0.3, 0.4) is 0 Å². The van der Waals surface area contributed by atoms with Crippen molar-refractivity contribution in [3.8, 4) is 0 Å². The van der Waals surface area contributed by atoms with Gasteiger partial charge in [0.25, 0.3) is 0 Å². The van der Waals surface area contributed by atoms with Crippen LogP contribution in [-0.2, 0) is 4.79 Å². The maximum absolute atomic E-state index is 14.0. The van der Waals surface area contributed by atoms with E-state index in [0.29, 0.717) is 38.7 Å². The molecule has 0 radical (unpaired) electrons. The van der Waals surface area contributed by atoms with Gasteiger partial charge in [-0.3, -0.25) is 4.79 Å². The summed E-state index contributed by atoms with van der Waals surface area (Å²) in [5.41, 5.74) is 1.22. The van der Waals surface area contributed by atoms with Gasteiger partial charge in [0.2, 0.25) is 5.91 Å². The smallest absolute Gasteiger partial charge is 0.243 e. The number of benzene rings is 1. The second-order valence-corrected chi connectivity index (χ2v) is 6.81. The minimum absolute atomic E-state index is 0. The monoisotopic (exact) mass is 507 g/mol. The Morgan fingerprint density at radius 2 is 1.89 bits per heavy atom. The molecule has 1 aliphatic heterocycles.